The molecule has 46 heavy (non-hydrogen) atoms. The molecule has 12 heteroatoms. The van der Waals surface area contributed by atoms with Gasteiger partial charge in [0.15, 0.2) is 17.2 Å². The van der Waals surface area contributed by atoms with Gasteiger partial charge in [-0.3, -0.25) is 4.79 Å². The summed E-state index contributed by atoms with van der Waals surface area (Å²) in [5.41, 5.74) is 5.49. The number of fused-ring (bicyclic) bond motifs is 2. The maximum Gasteiger partial charge on any atom is 0.271 e. The number of nitrogens with zero attached hydrogens (tertiary/aromatic N) is 5. The van der Waals surface area contributed by atoms with E-state index in [1.807, 2.05) is 13.1 Å². The highest BCUT2D eigenvalue weighted by atomic mass is 19.3. The van der Waals surface area contributed by atoms with Crippen LogP contribution in [0.4, 0.5) is 26.0 Å². The molecular weight excluding hydrogens is 590 g/mol. The normalized spacial score (nSPS) is 31.9. The summed E-state index contributed by atoms with van der Waals surface area (Å²) < 4.78 is 36.5. The second-order valence-corrected chi connectivity index (χ2v) is 15.0. The predicted octanol–water partition coefficient (Wildman–Crippen LogP) is 3.72. The van der Waals surface area contributed by atoms with Crippen molar-refractivity contribution in [3.63, 3.8) is 0 Å². The monoisotopic (exact) mass is 632 g/mol. The number of likely N-dealkylation sites (tertiary alicyclic amines) is 1. The second kappa shape index (κ2) is 9.84. The van der Waals surface area contributed by atoms with Gasteiger partial charge in [-0.25, -0.2) is 18.3 Å². The first kappa shape index (κ1) is 28.8. The number of benzene rings is 1. The Kier molecular flexibility index (Phi) is 6.17. The Bertz CT molecular complexity index is 1710. The third kappa shape index (κ3) is 3.98. The smallest absolute Gasteiger partial charge is 0.271 e. The molecule has 2 aromatic heterocycles. The van der Waals surface area contributed by atoms with Crippen molar-refractivity contribution < 1.29 is 18.3 Å². The fraction of sp³-hybridized carbons (Fsp3) is 0.618. The highest BCUT2D eigenvalue weighted by Crippen LogP contribution is 2.75. The Labute approximate surface area is 267 Å². The molecule has 1 amide bonds. The highest BCUT2D eigenvalue weighted by Gasteiger charge is 2.70. The molecule has 4 saturated carbocycles. The number of methoxy groups -OCH3 is 1. The molecule has 2 atom stereocenters. The average molecular weight is 633 g/mol. The third-order valence-corrected chi connectivity index (χ3v) is 12.3. The Morgan fingerprint density at radius 2 is 2.02 bits per heavy atom. The molecule has 0 unspecified atom stereocenters. The van der Waals surface area contributed by atoms with Crippen molar-refractivity contribution in [2.45, 2.75) is 68.4 Å². The molecule has 4 aliphatic carbocycles. The number of nitrogens with one attached hydrogen (secondary N) is 3. The van der Waals surface area contributed by atoms with Crippen LogP contribution in [0.15, 0.2) is 30.5 Å². The number of alkyl halides is 2. The second-order valence-electron chi connectivity index (χ2n) is 15.0. The standard InChI is InChI=1S/C34H42F2N8O2/c1-37-24-12-28(41-44-26(13-39-29(24)44)30(45)40-23-6-7-27(23)46-2)43-11-8-21-22(4-3-5-25(21)43)32-14-31(15-32,16-32)18-42-19-33(20-42)9-10-38-17-34(33,35)36/h3-5,12-13,23,27,37-38H,6-11,14-20H2,1-2H3,(H,40,45)/t23-,27-,31?,32?/m1/s1. The SMILES string of the molecule is CNc1cc(N2CCc3c2cccc3C23CC(CN4CC5(CCNCC5(F)F)C4)(C2)C3)nn2c(C(=O)N[C@@H]3CC[C@H]3OC)cnc12. The number of piperidine rings is 1. The Balaban J connectivity index is 0.929. The van der Waals surface area contributed by atoms with E-state index in [2.05, 4.69) is 48.9 Å². The van der Waals surface area contributed by atoms with Gasteiger partial charge in [0.25, 0.3) is 11.8 Å². The largest absolute Gasteiger partial charge is 0.385 e. The van der Waals surface area contributed by atoms with E-state index in [4.69, 9.17) is 9.84 Å². The number of ether oxygens (including phenoxy) is 1. The van der Waals surface area contributed by atoms with E-state index in [-0.39, 0.29) is 35.4 Å². The number of carbonyl (C=O) groups is 1. The molecule has 0 radical (unpaired) electrons. The van der Waals surface area contributed by atoms with Gasteiger partial charge < -0.3 is 30.5 Å². The molecule has 10 nitrogen and oxygen atoms in total. The van der Waals surface area contributed by atoms with E-state index in [0.717, 1.165) is 63.1 Å². The van der Waals surface area contributed by atoms with Crippen LogP contribution in [0.5, 0.6) is 0 Å². The lowest BCUT2D eigenvalue weighted by Gasteiger charge is -2.73. The summed E-state index contributed by atoms with van der Waals surface area (Å²) in [5, 5.41) is 14.2. The van der Waals surface area contributed by atoms with E-state index in [1.54, 1.807) is 17.8 Å². The van der Waals surface area contributed by atoms with E-state index in [9.17, 15) is 13.6 Å². The van der Waals surface area contributed by atoms with Crippen LogP contribution in [0.2, 0.25) is 0 Å². The van der Waals surface area contributed by atoms with E-state index in [0.29, 0.717) is 37.4 Å². The average Bonchev–Trinajstić information content (AvgIpc) is 3.60. The maximum atomic E-state index is 14.7. The van der Waals surface area contributed by atoms with E-state index in [1.165, 1.54) is 16.8 Å². The number of rotatable bonds is 8. The summed E-state index contributed by atoms with van der Waals surface area (Å²) >= 11 is 0. The Morgan fingerprint density at radius 3 is 2.74 bits per heavy atom. The molecule has 10 rings (SSSR count). The van der Waals surface area contributed by atoms with Gasteiger partial charge in [-0.1, -0.05) is 12.1 Å². The van der Waals surface area contributed by atoms with Gasteiger partial charge >= 0.3 is 0 Å². The predicted molar refractivity (Wildman–Crippen MR) is 170 cm³/mol. The summed E-state index contributed by atoms with van der Waals surface area (Å²) in [5.74, 6) is -2.04. The van der Waals surface area contributed by atoms with Crippen LogP contribution < -0.4 is 20.9 Å². The summed E-state index contributed by atoms with van der Waals surface area (Å²) in [7, 11) is 3.54. The van der Waals surface area contributed by atoms with Gasteiger partial charge in [-0.05, 0) is 79.5 Å². The Morgan fingerprint density at radius 1 is 1.20 bits per heavy atom. The molecule has 2 bridgehead atoms. The molecule has 3 N–H and O–H groups in total. The van der Waals surface area contributed by atoms with Crippen molar-refractivity contribution in [1.29, 1.82) is 0 Å². The van der Waals surface area contributed by atoms with Crippen LogP contribution in [-0.2, 0) is 16.6 Å². The van der Waals surface area contributed by atoms with Crippen molar-refractivity contribution in [2.24, 2.45) is 10.8 Å². The summed E-state index contributed by atoms with van der Waals surface area (Å²) in [4.78, 5) is 22.4. The highest BCUT2D eigenvalue weighted by molar-refractivity contribution is 5.94. The molecule has 1 spiro atoms. The number of halogens is 2. The Hall–Kier alpha value is -3.35. The first-order valence-electron chi connectivity index (χ1n) is 16.8. The van der Waals surface area contributed by atoms with Crippen LogP contribution in [0, 0.1) is 10.8 Å². The number of anilines is 3. The number of hydrogen-bond acceptors (Lipinski definition) is 8. The minimum Gasteiger partial charge on any atom is -0.385 e. The first-order chi connectivity index (χ1) is 22.2. The number of aromatic nitrogens is 3. The molecule has 6 fully saturated rings. The lowest BCUT2D eigenvalue weighted by atomic mass is 9.33. The van der Waals surface area contributed by atoms with Gasteiger partial charge in [0.1, 0.15) is 0 Å². The summed E-state index contributed by atoms with van der Waals surface area (Å²) in [6.45, 7) is 3.34. The zero-order valence-electron chi connectivity index (χ0n) is 26.5. The molecule has 3 aromatic rings. The first-order valence-corrected chi connectivity index (χ1v) is 16.8. The van der Waals surface area contributed by atoms with E-state index >= 15 is 0 Å². The fourth-order valence-corrected chi connectivity index (χ4v) is 9.93. The molecule has 244 valence electrons. The summed E-state index contributed by atoms with van der Waals surface area (Å²) in [6, 6.07) is 8.66. The molecule has 7 aliphatic rings. The van der Waals surface area contributed by atoms with Crippen LogP contribution >= 0.6 is 0 Å². The molecule has 2 saturated heterocycles. The lowest BCUT2D eigenvalue weighted by molar-refractivity contribution is -0.231. The van der Waals surface area contributed by atoms with Crippen molar-refractivity contribution >= 4 is 28.7 Å². The maximum absolute atomic E-state index is 14.7. The van der Waals surface area contributed by atoms with Gasteiger partial charge in [0, 0.05) is 52.1 Å². The van der Waals surface area contributed by atoms with Crippen LogP contribution in [0.1, 0.15) is 60.1 Å². The van der Waals surface area contributed by atoms with Gasteiger partial charge in [-0.2, -0.15) is 0 Å². The molecular formula is C34H42F2N8O2. The van der Waals surface area contributed by atoms with Crippen LogP contribution in [-0.4, -0.2) is 96.9 Å². The summed E-state index contributed by atoms with van der Waals surface area (Å²) in [6.07, 6.45) is 8.41. The number of amides is 1. The zero-order chi connectivity index (χ0) is 31.5. The molecule has 5 heterocycles. The number of imidazole rings is 1. The van der Waals surface area contributed by atoms with Crippen LogP contribution in [0.25, 0.3) is 5.65 Å². The van der Waals surface area contributed by atoms with E-state index < -0.39 is 11.3 Å². The van der Waals surface area contributed by atoms with Crippen molar-refractivity contribution in [2.75, 3.05) is 63.6 Å². The van der Waals surface area contributed by atoms with Gasteiger partial charge in [0.2, 0.25) is 0 Å². The minimum atomic E-state index is -2.61. The zero-order valence-corrected chi connectivity index (χ0v) is 26.5. The van der Waals surface area contributed by atoms with Crippen molar-refractivity contribution in [1.82, 2.24) is 30.1 Å². The van der Waals surface area contributed by atoms with Crippen molar-refractivity contribution in [3.8, 4) is 0 Å². The van der Waals surface area contributed by atoms with Gasteiger partial charge in [0.05, 0.1) is 36.0 Å². The topological polar surface area (TPSA) is 99.1 Å². The lowest BCUT2D eigenvalue weighted by Crippen LogP contribution is -2.74. The fourth-order valence-electron chi connectivity index (χ4n) is 9.93. The van der Waals surface area contributed by atoms with Gasteiger partial charge in [-0.15, -0.1) is 5.10 Å². The number of hydrogen-bond donors (Lipinski definition) is 3. The number of carbonyl (C=O) groups excluding carboxylic acids is 1. The van der Waals surface area contributed by atoms with Crippen LogP contribution in [0.3, 0.4) is 0 Å². The quantitative estimate of drug-likeness (QED) is 0.346. The third-order valence-electron chi connectivity index (χ3n) is 12.3. The molecule has 1 aromatic carbocycles. The molecule has 3 aliphatic heterocycles. The minimum absolute atomic E-state index is 0.00302. The van der Waals surface area contributed by atoms with Crippen molar-refractivity contribution in [3.05, 3.63) is 47.3 Å².